The van der Waals surface area contributed by atoms with Gasteiger partial charge in [-0.2, -0.15) is 0 Å². The fraction of sp³-hybridized carbons (Fsp3) is 0.360. The zero-order valence-electron chi connectivity index (χ0n) is 19.1. The Morgan fingerprint density at radius 2 is 2.00 bits per heavy atom. The molecule has 3 heterocycles. The van der Waals surface area contributed by atoms with Gasteiger partial charge in [0.1, 0.15) is 17.3 Å². The molecule has 5 rings (SSSR count). The van der Waals surface area contributed by atoms with Crippen LogP contribution in [0.5, 0.6) is 5.75 Å². The summed E-state index contributed by atoms with van der Waals surface area (Å²) in [5, 5.41) is 4.70. The lowest BCUT2D eigenvalue weighted by molar-refractivity contribution is -0.117. The number of ether oxygens (including phenoxy) is 2. The van der Waals surface area contributed by atoms with Gasteiger partial charge in [0.05, 0.1) is 26.0 Å². The average Bonchev–Trinajstić information content (AvgIpc) is 3.45. The van der Waals surface area contributed by atoms with E-state index in [1.807, 2.05) is 24.3 Å². The molecule has 3 aromatic rings. The van der Waals surface area contributed by atoms with Crippen molar-refractivity contribution < 1.29 is 23.6 Å². The van der Waals surface area contributed by atoms with E-state index >= 15 is 0 Å². The summed E-state index contributed by atoms with van der Waals surface area (Å²) in [5.74, 6) is 0.516. The number of amides is 1. The summed E-state index contributed by atoms with van der Waals surface area (Å²) in [6.07, 6.45) is 4.22. The van der Waals surface area contributed by atoms with E-state index in [4.69, 9.17) is 19.0 Å². The van der Waals surface area contributed by atoms with Crippen LogP contribution in [0, 0.1) is 0 Å². The first kappa shape index (κ1) is 22.3. The summed E-state index contributed by atoms with van der Waals surface area (Å²) in [4.78, 5) is 33.1. The maximum atomic E-state index is 13.3. The van der Waals surface area contributed by atoms with Crippen molar-refractivity contribution in [3.05, 3.63) is 63.4 Å². The molecule has 2 aromatic heterocycles. The fourth-order valence-electron chi connectivity index (χ4n) is 4.40. The number of rotatable bonds is 6. The van der Waals surface area contributed by atoms with Crippen LogP contribution in [0.3, 0.4) is 0 Å². The van der Waals surface area contributed by atoms with Gasteiger partial charge in [-0.25, -0.2) is 4.79 Å². The highest BCUT2D eigenvalue weighted by Gasteiger charge is 2.33. The second-order valence-electron chi connectivity index (χ2n) is 8.16. The number of aliphatic imine (C=N–C) groups is 1. The molecule has 0 radical (unpaired) electrons. The number of carbonyl (C=O) groups excluding carboxylic acids is 2. The number of anilines is 1. The molecular formula is C25H25N3O5S. The molecule has 176 valence electrons. The van der Waals surface area contributed by atoms with Gasteiger partial charge in [0, 0.05) is 22.1 Å². The Balaban J connectivity index is 1.55. The molecule has 1 amide bonds. The Bertz CT molecular complexity index is 1260. The molecule has 1 aliphatic heterocycles. The standard InChI is InChI=1S/C25H25N3O5S/c1-3-32-25(30)19-12-17(33-27-19)14-28-21(29)13-26-23(15-8-10-16(31-2)11-9-15)22-18-6-4-5-7-20(18)34-24(22)28/h8-12H,3-7,13-14H2,1-2H3. The maximum Gasteiger partial charge on any atom is 0.360 e. The lowest BCUT2D eigenvalue weighted by Gasteiger charge is -2.19. The van der Waals surface area contributed by atoms with E-state index in [9.17, 15) is 9.59 Å². The van der Waals surface area contributed by atoms with Crippen molar-refractivity contribution in [2.45, 2.75) is 39.2 Å². The summed E-state index contributed by atoms with van der Waals surface area (Å²) >= 11 is 1.66. The third kappa shape index (κ3) is 4.11. The Labute approximate surface area is 201 Å². The number of aryl methyl sites for hydroxylation is 1. The van der Waals surface area contributed by atoms with Crippen LogP contribution in [0.2, 0.25) is 0 Å². The van der Waals surface area contributed by atoms with E-state index in [1.54, 1.807) is 30.3 Å². The van der Waals surface area contributed by atoms with Gasteiger partial charge < -0.3 is 14.0 Å². The van der Waals surface area contributed by atoms with Crippen molar-refractivity contribution in [1.29, 1.82) is 0 Å². The lowest BCUT2D eigenvalue weighted by atomic mass is 9.91. The van der Waals surface area contributed by atoms with E-state index in [-0.39, 0.29) is 31.3 Å². The van der Waals surface area contributed by atoms with Gasteiger partial charge in [-0.15, -0.1) is 11.3 Å². The minimum atomic E-state index is -0.544. The van der Waals surface area contributed by atoms with Crippen molar-refractivity contribution in [2.24, 2.45) is 4.99 Å². The van der Waals surface area contributed by atoms with Crippen LogP contribution in [0.1, 0.15) is 57.6 Å². The molecule has 0 atom stereocenters. The van der Waals surface area contributed by atoms with E-state index in [0.717, 1.165) is 53.3 Å². The predicted molar refractivity (Wildman–Crippen MR) is 128 cm³/mol. The Hall–Kier alpha value is -3.46. The first-order chi connectivity index (χ1) is 16.6. The van der Waals surface area contributed by atoms with Gasteiger partial charge in [0.15, 0.2) is 11.5 Å². The third-order valence-corrected chi connectivity index (χ3v) is 7.34. The largest absolute Gasteiger partial charge is 0.497 e. The van der Waals surface area contributed by atoms with Crippen LogP contribution in [0.4, 0.5) is 5.00 Å². The van der Waals surface area contributed by atoms with Crippen LogP contribution in [-0.2, 0) is 28.9 Å². The van der Waals surface area contributed by atoms with Crippen LogP contribution in [0.25, 0.3) is 0 Å². The van der Waals surface area contributed by atoms with Gasteiger partial charge in [0.25, 0.3) is 0 Å². The second kappa shape index (κ2) is 9.42. The van der Waals surface area contributed by atoms with E-state index in [2.05, 4.69) is 5.16 Å². The number of benzene rings is 1. The summed E-state index contributed by atoms with van der Waals surface area (Å²) in [6.45, 7) is 2.18. The van der Waals surface area contributed by atoms with E-state index in [0.29, 0.717) is 5.76 Å². The normalized spacial score (nSPS) is 15.3. The number of carbonyl (C=O) groups is 2. The summed E-state index contributed by atoms with van der Waals surface area (Å²) in [5.41, 5.74) is 4.19. The smallest absolute Gasteiger partial charge is 0.360 e. The zero-order valence-corrected chi connectivity index (χ0v) is 19.9. The van der Waals surface area contributed by atoms with Crippen molar-refractivity contribution in [3.63, 3.8) is 0 Å². The number of hydrogen-bond acceptors (Lipinski definition) is 8. The van der Waals surface area contributed by atoms with Crippen LogP contribution in [-0.4, -0.2) is 43.0 Å². The van der Waals surface area contributed by atoms with Crippen molar-refractivity contribution in [1.82, 2.24) is 5.16 Å². The highest BCUT2D eigenvalue weighted by molar-refractivity contribution is 7.17. The Morgan fingerprint density at radius 3 is 2.76 bits per heavy atom. The molecule has 0 saturated heterocycles. The Morgan fingerprint density at radius 1 is 1.21 bits per heavy atom. The molecule has 9 heteroatoms. The maximum absolute atomic E-state index is 13.3. The third-order valence-electron chi connectivity index (χ3n) is 6.03. The lowest BCUT2D eigenvalue weighted by Crippen LogP contribution is -2.31. The number of esters is 1. The molecule has 1 aromatic carbocycles. The van der Waals surface area contributed by atoms with Gasteiger partial charge in [-0.05, 0) is 62.4 Å². The van der Waals surface area contributed by atoms with Gasteiger partial charge in [-0.1, -0.05) is 5.16 Å². The molecule has 0 unspecified atom stereocenters. The fourth-order valence-corrected chi connectivity index (χ4v) is 5.80. The molecule has 2 aliphatic rings. The molecule has 0 fully saturated rings. The molecule has 34 heavy (non-hydrogen) atoms. The second-order valence-corrected chi connectivity index (χ2v) is 9.25. The molecular weight excluding hydrogens is 454 g/mol. The molecule has 0 N–H and O–H groups in total. The minimum absolute atomic E-state index is 0.0242. The van der Waals surface area contributed by atoms with Gasteiger partial charge in [0.2, 0.25) is 5.91 Å². The van der Waals surface area contributed by atoms with Crippen molar-refractivity contribution in [2.75, 3.05) is 25.2 Å². The number of thiophene rings is 1. The quantitative estimate of drug-likeness (QED) is 0.492. The Kier molecular flexibility index (Phi) is 6.19. The average molecular weight is 480 g/mol. The SMILES string of the molecule is CCOC(=O)c1cc(CN2C(=O)CN=C(c3ccc(OC)cc3)c3c2sc2c3CCCC2)on1. The van der Waals surface area contributed by atoms with Gasteiger partial charge in [-0.3, -0.25) is 14.7 Å². The predicted octanol–water partition coefficient (Wildman–Crippen LogP) is 4.18. The minimum Gasteiger partial charge on any atom is -0.497 e. The summed E-state index contributed by atoms with van der Waals surface area (Å²) in [6, 6.07) is 9.32. The number of nitrogens with zero attached hydrogens (tertiary/aromatic N) is 3. The summed E-state index contributed by atoms with van der Waals surface area (Å²) < 4.78 is 15.7. The van der Waals surface area contributed by atoms with Crippen LogP contribution in [0.15, 0.2) is 39.8 Å². The summed E-state index contributed by atoms with van der Waals surface area (Å²) in [7, 11) is 1.64. The molecule has 0 spiro atoms. The number of fused-ring (bicyclic) bond motifs is 3. The topological polar surface area (TPSA) is 94.2 Å². The highest BCUT2D eigenvalue weighted by atomic mass is 32.1. The van der Waals surface area contributed by atoms with Crippen molar-refractivity contribution >= 4 is 33.9 Å². The monoisotopic (exact) mass is 479 g/mol. The molecule has 0 bridgehead atoms. The van der Waals surface area contributed by atoms with E-state index < -0.39 is 5.97 Å². The highest BCUT2D eigenvalue weighted by Crippen LogP contribution is 2.43. The van der Waals surface area contributed by atoms with Crippen molar-refractivity contribution in [3.8, 4) is 5.75 Å². The molecule has 0 saturated carbocycles. The zero-order chi connectivity index (χ0) is 23.7. The number of methoxy groups -OCH3 is 1. The van der Waals surface area contributed by atoms with Gasteiger partial charge >= 0.3 is 5.97 Å². The van der Waals surface area contributed by atoms with Crippen LogP contribution < -0.4 is 9.64 Å². The number of aromatic nitrogens is 1. The first-order valence-corrected chi connectivity index (χ1v) is 12.2. The van der Waals surface area contributed by atoms with Crippen LogP contribution >= 0.6 is 11.3 Å². The van der Waals surface area contributed by atoms with E-state index in [1.165, 1.54) is 16.5 Å². The first-order valence-electron chi connectivity index (χ1n) is 11.4. The molecule has 8 nitrogen and oxygen atoms in total. The number of hydrogen-bond donors (Lipinski definition) is 0. The molecule has 1 aliphatic carbocycles.